The molecule has 0 aliphatic heterocycles. The Hall–Kier alpha value is -1.29. The van der Waals surface area contributed by atoms with Gasteiger partial charge in [-0.2, -0.15) is 0 Å². The average molecular weight is 734 g/mol. The first-order valence-electron chi connectivity index (χ1n) is 20.2. The van der Waals surface area contributed by atoms with Crippen LogP contribution in [0.2, 0.25) is 0 Å². The number of rotatable bonds is 39. The van der Waals surface area contributed by atoms with Gasteiger partial charge in [0.2, 0.25) is 0 Å². The highest BCUT2D eigenvalue weighted by molar-refractivity contribution is 7.47. The summed E-state index contributed by atoms with van der Waals surface area (Å²) in [7, 11) is -4.61. The van der Waals surface area contributed by atoms with Crippen molar-refractivity contribution >= 4 is 19.8 Å². The summed E-state index contributed by atoms with van der Waals surface area (Å²) in [5.41, 5.74) is 5.34. The third-order valence-corrected chi connectivity index (χ3v) is 9.75. The van der Waals surface area contributed by atoms with Crippen LogP contribution in [0.3, 0.4) is 0 Å². The van der Waals surface area contributed by atoms with Gasteiger partial charge in [0.1, 0.15) is 12.1 Å². The molecule has 50 heavy (non-hydrogen) atoms. The summed E-state index contributed by atoms with van der Waals surface area (Å²) in [6, 6.07) is -1.47. The van der Waals surface area contributed by atoms with Gasteiger partial charge in [0.15, 0.2) is 0 Å². The predicted molar refractivity (Wildman–Crippen MR) is 203 cm³/mol. The first kappa shape index (κ1) is 48.7. The SMILES string of the molecule is CCCCCCC/C=C\CCCCCCCCOCC(COP(=O)(O)OCC(N)C(=O)O)OC(=O)CCCCCCCCCCCCCCC. The van der Waals surface area contributed by atoms with Crippen molar-refractivity contribution in [3.05, 3.63) is 12.2 Å². The largest absolute Gasteiger partial charge is 0.480 e. The third-order valence-electron chi connectivity index (χ3n) is 8.79. The number of ether oxygens (including phenoxy) is 2. The maximum Gasteiger partial charge on any atom is 0.472 e. The normalized spacial score (nSPS) is 14.2. The molecule has 10 nitrogen and oxygen atoms in total. The van der Waals surface area contributed by atoms with Crippen molar-refractivity contribution < 1.29 is 42.7 Å². The fraction of sp³-hybridized carbons (Fsp3) is 0.897. The summed E-state index contributed by atoms with van der Waals surface area (Å²) in [5, 5.41) is 8.87. The molecule has 0 fully saturated rings. The molecule has 0 spiro atoms. The van der Waals surface area contributed by atoms with Gasteiger partial charge in [0.05, 0.1) is 19.8 Å². The molecule has 0 aromatic carbocycles. The highest BCUT2D eigenvalue weighted by Crippen LogP contribution is 2.43. The highest BCUT2D eigenvalue weighted by atomic mass is 31.2. The number of nitrogens with two attached hydrogens (primary N) is 1. The van der Waals surface area contributed by atoms with Gasteiger partial charge < -0.3 is 25.2 Å². The first-order valence-corrected chi connectivity index (χ1v) is 21.7. The summed E-state index contributed by atoms with van der Waals surface area (Å²) >= 11 is 0. The van der Waals surface area contributed by atoms with Gasteiger partial charge in [-0.15, -0.1) is 0 Å². The second-order valence-electron chi connectivity index (χ2n) is 13.8. The first-order chi connectivity index (χ1) is 24.2. The summed E-state index contributed by atoms with van der Waals surface area (Å²) in [4.78, 5) is 33.4. The van der Waals surface area contributed by atoms with Crippen LogP contribution in [0, 0.1) is 0 Å². The molecule has 0 rings (SSSR count). The number of hydrogen-bond donors (Lipinski definition) is 3. The van der Waals surface area contributed by atoms with Gasteiger partial charge in [0.25, 0.3) is 0 Å². The second kappa shape index (κ2) is 36.1. The van der Waals surface area contributed by atoms with Crippen LogP contribution in [0.4, 0.5) is 0 Å². The Labute approximate surface area is 305 Å². The molecule has 0 aromatic rings. The van der Waals surface area contributed by atoms with Crippen LogP contribution in [-0.4, -0.2) is 60.5 Å². The third kappa shape index (κ3) is 35.1. The number of phosphoric ester groups is 1. The summed E-state index contributed by atoms with van der Waals surface area (Å²) in [6.07, 6.45) is 35.4. The van der Waals surface area contributed by atoms with Gasteiger partial charge in [0, 0.05) is 13.0 Å². The van der Waals surface area contributed by atoms with E-state index in [1.807, 2.05) is 0 Å². The monoisotopic (exact) mass is 734 g/mol. The Balaban J connectivity index is 4.26. The van der Waals surface area contributed by atoms with E-state index in [0.29, 0.717) is 6.61 Å². The van der Waals surface area contributed by atoms with E-state index in [1.54, 1.807) is 0 Å². The van der Waals surface area contributed by atoms with Crippen molar-refractivity contribution in [2.45, 2.75) is 199 Å². The Morgan fingerprint density at radius 1 is 0.620 bits per heavy atom. The molecule has 0 heterocycles. The van der Waals surface area contributed by atoms with Crippen molar-refractivity contribution in [1.82, 2.24) is 0 Å². The molecule has 3 unspecified atom stereocenters. The van der Waals surface area contributed by atoms with E-state index in [0.717, 1.165) is 44.9 Å². The minimum Gasteiger partial charge on any atom is -0.480 e. The zero-order valence-electron chi connectivity index (χ0n) is 32.0. The number of esters is 1. The number of hydrogen-bond acceptors (Lipinski definition) is 8. The molecule has 296 valence electrons. The van der Waals surface area contributed by atoms with Crippen molar-refractivity contribution in [3.63, 3.8) is 0 Å². The van der Waals surface area contributed by atoms with Gasteiger partial charge in [-0.05, 0) is 38.5 Å². The lowest BCUT2D eigenvalue weighted by atomic mass is 10.0. The van der Waals surface area contributed by atoms with E-state index in [4.69, 9.17) is 29.4 Å². The van der Waals surface area contributed by atoms with E-state index in [-0.39, 0.29) is 13.0 Å². The number of aliphatic carboxylic acids is 1. The van der Waals surface area contributed by atoms with Crippen molar-refractivity contribution in [2.24, 2.45) is 5.73 Å². The van der Waals surface area contributed by atoms with E-state index < -0.39 is 45.1 Å². The number of carbonyl (C=O) groups excluding carboxylic acids is 1. The van der Waals surface area contributed by atoms with Gasteiger partial charge in [-0.1, -0.05) is 154 Å². The lowest BCUT2D eigenvalue weighted by molar-refractivity contribution is -0.154. The molecular formula is C39H76NO9P. The molecule has 11 heteroatoms. The highest BCUT2D eigenvalue weighted by Gasteiger charge is 2.27. The number of carbonyl (C=O) groups is 2. The minimum absolute atomic E-state index is 0.0178. The van der Waals surface area contributed by atoms with Crippen LogP contribution in [0.5, 0.6) is 0 Å². The van der Waals surface area contributed by atoms with Crippen LogP contribution in [0.25, 0.3) is 0 Å². The second-order valence-corrected chi connectivity index (χ2v) is 15.2. The topological polar surface area (TPSA) is 155 Å². The summed E-state index contributed by atoms with van der Waals surface area (Å²) in [6.45, 7) is 3.87. The molecule has 4 N–H and O–H groups in total. The van der Waals surface area contributed by atoms with Crippen LogP contribution >= 0.6 is 7.82 Å². The predicted octanol–water partition coefficient (Wildman–Crippen LogP) is 10.6. The zero-order chi connectivity index (χ0) is 37.0. The van der Waals surface area contributed by atoms with Crippen molar-refractivity contribution in [2.75, 3.05) is 26.4 Å². The van der Waals surface area contributed by atoms with Gasteiger partial charge >= 0.3 is 19.8 Å². The zero-order valence-corrected chi connectivity index (χ0v) is 32.9. The smallest absolute Gasteiger partial charge is 0.472 e. The molecule has 0 aliphatic rings. The van der Waals surface area contributed by atoms with Gasteiger partial charge in [-0.3, -0.25) is 18.6 Å². The van der Waals surface area contributed by atoms with Crippen LogP contribution in [0.15, 0.2) is 12.2 Å². The standard InChI is InChI=1S/C39H76NO9P/c1-3-5-7-9-11-13-15-17-18-20-22-24-26-28-30-32-46-33-36(34-47-50(44,45)48-35-37(40)39(42)43)49-38(41)31-29-27-25-23-21-19-16-14-12-10-8-6-4-2/h15,17,36-37H,3-14,16,18-35,40H2,1-2H3,(H,42,43)(H,44,45)/b17-15-. The van der Waals surface area contributed by atoms with Gasteiger partial charge in [-0.25, -0.2) is 4.57 Å². The fourth-order valence-electron chi connectivity index (χ4n) is 5.60. The quantitative estimate of drug-likeness (QED) is 0.0240. The lowest BCUT2D eigenvalue weighted by Gasteiger charge is -2.20. The van der Waals surface area contributed by atoms with E-state index in [2.05, 4.69) is 26.0 Å². The maximum absolute atomic E-state index is 12.6. The number of unbranched alkanes of at least 4 members (excludes halogenated alkanes) is 23. The molecule has 0 amide bonds. The summed E-state index contributed by atoms with van der Waals surface area (Å²) in [5.74, 6) is -1.77. The number of carboxylic acid groups (broad SMARTS) is 1. The van der Waals surface area contributed by atoms with Crippen molar-refractivity contribution in [3.8, 4) is 0 Å². The molecule has 0 aromatic heterocycles. The van der Waals surface area contributed by atoms with E-state index >= 15 is 0 Å². The van der Waals surface area contributed by atoms with Crippen molar-refractivity contribution in [1.29, 1.82) is 0 Å². The van der Waals surface area contributed by atoms with Crippen LogP contribution in [-0.2, 0) is 32.7 Å². The van der Waals surface area contributed by atoms with Crippen LogP contribution in [0.1, 0.15) is 187 Å². The number of phosphoric acid groups is 1. The van der Waals surface area contributed by atoms with Crippen LogP contribution < -0.4 is 5.73 Å². The number of allylic oxidation sites excluding steroid dienone is 2. The summed E-state index contributed by atoms with van der Waals surface area (Å²) < 4.78 is 33.3. The Morgan fingerprint density at radius 2 is 1.04 bits per heavy atom. The van der Waals surface area contributed by atoms with E-state index in [9.17, 15) is 19.0 Å². The fourth-order valence-corrected chi connectivity index (χ4v) is 6.38. The molecule has 0 saturated carbocycles. The Kier molecular flexibility index (Phi) is 35.2. The molecule has 3 atom stereocenters. The molecule has 0 bridgehead atoms. The molecule has 0 aliphatic carbocycles. The molecule has 0 radical (unpaired) electrons. The minimum atomic E-state index is -4.61. The molecule has 0 saturated heterocycles. The average Bonchev–Trinajstić information content (AvgIpc) is 3.09. The number of carboxylic acids is 1. The molecular weight excluding hydrogens is 657 g/mol. The van der Waals surface area contributed by atoms with E-state index in [1.165, 1.54) is 122 Å². The Morgan fingerprint density at radius 3 is 1.52 bits per heavy atom. The lowest BCUT2D eigenvalue weighted by Crippen LogP contribution is -2.34. The Bertz CT molecular complexity index is 857. The maximum atomic E-state index is 12.6.